The van der Waals surface area contributed by atoms with Crippen molar-refractivity contribution in [3.05, 3.63) is 45.8 Å². The van der Waals surface area contributed by atoms with Crippen LogP contribution >= 0.6 is 11.8 Å². The zero-order valence-corrected chi connectivity index (χ0v) is 10.9. The molecule has 0 aliphatic rings. The van der Waals surface area contributed by atoms with Gasteiger partial charge in [-0.3, -0.25) is 10.1 Å². The number of nitro groups is 1. The molecule has 0 bridgehead atoms. The first-order valence-electron chi connectivity index (χ1n) is 5.54. The Hall–Kier alpha value is -2.33. The van der Waals surface area contributed by atoms with Crippen molar-refractivity contribution in [2.45, 2.75) is 23.4 Å². The number of aromatic nitrogens is 2. The molecule has 0 fully saturated rings. The summed E-state index contributed by atoms with van der Waals surface area (Å²) in [5.41, 5.74) is 1.19. The summed E-state index contributed by atoms with van der Waals surface area (Å²) in [6.07, 6.45) is 2.58. The molecule has 0 atom stereocenters. The summed E-state index contributed by atoms with van der Waals surface area (Å²) < 4.78 is 0. The Balaban J connectivity index is 2.30. The second kappa shape index (κ2) is 5.54. The highest BCUT2D eigenvalue weighted by Gasteiger charge is 2.12. The standard InChI is InChI=1S/C12H10N4O2S/c1-2-9-7-14-12(15-9)19-11-4-3-10(16(17)18)5-8(11)6-13/h3-5,7H,2H2,1H3,(H,14,15). The predicted molar refractivity (Wildman–Crippen MR) is 69.9 cm³/mol. The van der Waals surface area contributed by atoms with Crippen molar-refractivity contribution >= 4 is 17.4 Å². The fraction of sp³-hybridized carbons (Fsp3) is 0.167. The van der Waals surface area contributed by atoms with E-state index in [4.69, 9.17) is 5.26 Å². The highest BCUT2D eigenvalue weighted by Crippen LogP contribution is 2.30. The first-order chi connectivity index (χ1) is 9.13. The Morgan fingerprint density at radius 2 is 2.37 bits per heavy atom. The lowest BCUT2D eigenvalue weighted by Gasteiger charge is -2.01. The molecule has 19 heavy (non-hydrogen) atoms. The van der Waals surface area contributed by atoms with E-state index >= 15 is 0 Å². The molecule has 1 aromatic carbocycles. The van der Waals surface area contributed by atoms with E-state index in [0.29, 0.717) is 10.1 Å². The van der Waals surface area contributed by atoms with Gasteiger partial charge in [0.15, 0.2) is 5.16 Å². The maximum absolute atomic E-state index is 10.7. The zero-order valence-electron chi connectivity index (χ0n) is 10.1. The van der Waals surface area contributed by atoms with Gasteiger partial charge < -0.3 is 4.98 Å². The van der Waals surface area contributed by atoms with Gasteiger partial charge in [-0.15, -0.1) is 0 Å². The summed E-state index contributed by atoms with van der Waals surface area (Å²) in [7, 11) is 0. The van der Waals surface area contributed by atoms with Crippen molar-refractivity contribution in [1.29, 1.82) is 5.26 Å². The first-order valence-corrected chi connectivity index (χ1v) is 6.36. The van der Waals surface area contributed by atoms with Crippen LogP contribution in [-0.2, 0) is 6.42 Å². The number of H-pyrrole nitrogens is 1. The number of hydrogen-bond acceptors (Lipinski definition) is 5. The molecule has 0 aliphatic carbocycles. The third-order valence-corrected chi connectivity index (χ3v) is 3.46. The van der Waals surface area contributed by atoms with E-state index in [-0.39, 0.29) is 11.3 Å². The number of rotatable bonds is 4. The molecule has 0 aliphatic heterocycles. The van der Waals surface area contributed by atoms with Gasteiger partial charge in [0.05, 0.1) is 10.5 Å². The van der Waals surface area contributed by atoms with E-state index in [9.17, 15) is 10.1 Å². The first kappa shape index (κ1) is 13.1. The summed E-state index contributed by atoms with van der Waals surface area (Å²) >= 11 is 1.28. The monoisotopic (exact) mass is 274 g/mol. The highest BCUT2D eigenvalue weighted by atomic mass is 32.2. The highest BCUT2D eigenvalue weighted by molar-refractivity contribution is 7.99. The fourth-order valence-corrected chi connectivity index (χ4v) is 2.33. The Bertz CT molecular complexity index is 660. The molecule has 0 amide bonds. The van der Waals surface area contributed by atoms with Gasteiger partial charge in [-0.1, -0.05) is 18.7 Å². The molecule has 2 rings (SSSR count). The van der Waals surface area contributed by atoms with Crippen molar-refractivity contribution in [3.63, 3.8) is 0 Å². The van der Waals surface area contributed by atoms with Gasteiger partial charge in [0.2, 0.25) is 0 Å². The van der Waals surface area contributed by atoms with Crippen LogP contribution in [0.1, 0.15) is 18.2 Å². The molecule has 0 spiro atoms. The van der Waals surface area contributed by atoms with Crippen LogP contribution < -0.4 is 0 Å². The minimum atomic E-state index is -0.517. The van der Waals surface area contributed by atoms with E-state index in [2.05, 4.69) is 9.97 Å². The molecule has 0 radical (unpaired) electrons. The SMILES string of the molecule is CCc1cnc(Sc2ccc([N+](=O)[O-])cc2C#N)[nH]1. The van der Waals surface area contributed by atoms with Crippen molar-refractivity contribution in [2.75, 3.05) is 0 Å². The number of aryl methyl sites for hydroxylation is 1. The second-order valence-electron chi connectivity index (χ2n) is 3.72. The van der Waals surface area contributed by atoms with Crippen LogP contribution in [0, 0.1) is 21.4 Å². The Labute approximate surface area is 113 Å². The molecule has 0 saturated carbocycles. The van der Waals surface area contributed by atoms with E-state index in [1.54, 1.807) is 12.3 Å². The maximum atomic E-state index is 10.7. The van der Waals surface area contributed by atoms with Gasteiger partial charge in [-0.05, 0) is 12.5 Å². The Morgan fingerprint density at radius 1 is 1.58 bits per heavy atom. The quantitative estimate of drug-likeness (QED) is 0.683. The summed E-state index contributed by atoms with van der Waals surface area (Å²) in [5.74, 6) is 0. The number of nitrogens with one attached hydrogen (secondary N) is 1. The second-order valence-corrected chi connectivity index (χ2v) is 4.75. The van der Waals surface area contributed by atoms with Crippen molar-refractivity contribution in [3.8, 4) is 6.07 Å². The number of nitrogens with zero attached hydrogens (tertiary/aromatic N) is 3. The lowest BCUT2D eigenvalue weighted by molar-refractivity contribution is -0.384. The summed E-state index contributed by atoms with van der Waals surface area (Å²) in [5, 5.41) is 20.4. The molecule has 1 N–H and O–H groups in total. The summed E-state index contributed by atoms with van der Waals surface area (Å²) in [4.78, 5) is 18.1. The van der Waals surface area contributed by atoms with Gasteiger partial charge in [0.1, 0.15) is 6.07 Å². The van der Waals surface area contributed by atoms with Gasteiger partial charge >= 0.3 is 0 Å². The number of hydrogen-bond donors (Lipinski definition) is 1. The van der Waals surface area contributed by atoms with Gasteiger partial charge in [-0.2, -0.15) is 5.26 Å². The largest absolute Gasteiger partial charge is 0.337 e. The molecule has 7 heteroatoms. The van der Waals surface area contributed by atoms with Crippen LogP contribution in [-0.4, -0.2) is 14.9 Å². The number of nitriles is 1. The third kappa shape index (κ3) is 2.92. The van der Waals surface area contributed by atoms with Crippen molar-refractivity contribution < 1.29 is 4.92 Å². The lowest BCUT2D eigenvalue weighted by Crippen LogP contribution is -1.90. The molecular formula is C12H10N4O2S. The van der Waals surface area contributed by atoms with E-state index < -0.39 is 4.92 Å². The molecular weight excluding hydrogens is 264 g/mol. The van der Waals surface area contributed by atoms with Crippen molar-refractivity contribution in [1.82, 2.24) is 9.97 Å². The van der Waals surface area contributed by atoms with Gasteiger partial charge in [0, 0.05) is 28.9 Å². The van der Waals surface area contributed by atoms with Crippen LogP contribution in [0.5, 0.6) is 0 Å². The molecule has 0 saturated heterocycles. The predicted octanol–water partition coefficient (Wildman–Crippen LogP) is 2.90. The number of non-ortho nitro benzene ring substituents is 1. The molecule has 96 valence electrons. The van der Waals surface area contributed by atoms with Gasteiger partial charge in [0.25, 0.3) is 5.69 Å². The van der Waals surface area contributed by atoms with E-state index in [1.165, 1.54) is 23.9 Å². The fourth-order valence-electron chi connectivity index (χ4n) is 1.48. The number of aromatic amines is 1. The minimum absolute atomic E-state index is 0.0883. The number of benzene rings is 1. The number of nitro benzene ring substituents is 1. The number of imidazole rings is 1. The lowest BCUT2D eigenvalue weighted by atomic mass is 10.2. The van der Waals surface area contributed by atoms with Gasteiger partial charge in [-0.25, -0.2) is 4.98 Å². The summed E-state index contributed by atoms with van der Waals surface area (Å²) in [6.45, 7) is 2.01. The van der Waals surface area contributed by atoms with Crippen molar-refractivity contribution in [2.24, 2.45) is 0 Å². The Morgan fingerprint density at radius 3 is 2.95 bits per heavy atom. The maximum Gasteiger partial charge on any atom is 0.270 e. The Kier molecular flexibility index (Phi) is 3.82. The average Bonchev–Trinajstić information content (AvgIpc) is 2.86. The molecule has 0 unspecified atom stereocenters. The zero-order chi connectivity index (χ0) is 13.8. The van der Waals surface area contributed by atoms with Crippen LogP contribution in [0.3, 0.4) is 0 Å². The van der Waals surface area contributed by atoms with Crippen LogP contribution in [0.2, 0.25) is 0 Å². The molecule has 1 aromatic heterocycles. The molecule has 1 heterocycles. The molecule has 6 nitrogen and oxygen atoms in total. The van der Waals surface area contributed by atoms with Crippen LogP contribution in [0.25, 0.3) is 0 Å². The van der Waals surface area contributed by atoms with E-state index in [0.717, 1.165) is 12.1 Å². The average molecular weight is 274 g/mol. The topological polar surface area (TPSA) is 95.6 Å². The molecule has 2 aromatic rings. The minimum Gasteiger partial charge on any atom is -0.337 e. The van der Waals surface area contributed by atoms with Crippen LogP contribution in [0.15, 0.2) is 34.4 Å². The third-order valence-electron chi connectivity index (χ3n) is 2.49. The normalized spacial score (nSPS) is 10.1. The van der Waals surface area contributed by atoms with E-state index in [1.807, 2.05) is 13.0 Å². The summed E-state index contributed by atoms with van der Waals surface area (Å²) in [6, 6.07) is 6.18. The smallest absolute Gasteiger partial charge is 0.270 e. The van der Waals surface area contributed by atoms with Crippen LogP contribution in [0.4, 0.5) is 5.69 Å².